The van der Waals surface area contributed by atoms with E-state index in [0.717, 1.165) is 17.9 Å². The van der Waals surface area contributed by atoms with Crippen LogP contribution in [0.1, 0.15) is 28.9 Å². The summed E-state index contributed by atoms with van der Waals surface area (Å²) in [4.78, 5) is 10.8. The van der Waals surface area contributed by atoms with E-state index in [9.17, 15) is 4.79 Å². The Morgan fingerprint density at radius 1 is 1.25 bits per heavy atom. The van der Waals surface area contributed by atoms with Crippen LogP contribution in [0, 0.1) is 6.92 Å². The van der Waals surface area contributed by atoms with E-state index in [1.165, 1.54) is 0 Å². The zero-order chi connectivity index (χ0) is 14.5. The number of hydrogen-bond acceptors (Lipinski definition) is 5. The van der Waals surface area contributed by atoms with Crippen LogP contribution in [-0.2, 0) is 13.7 Å². The summed E-state index contributed by atoms with van der Waals surface area (Å²) in [6.07, 6.45) is 0.776. The van der Waals surface area contributed by atoms with Crippen molar-refractivity contribution >= 4 is 6.29 Å². The summed E-state index contributed by atoms with van der Waals surface area (Å²) in [7, 11) is 1.88. The Hall–Kier alpha value is -2.37. The van der Waals surface area contributed by atoms with Gasteiger partial charge in [-0.05, 0) is 32.0 Å². The van der Waals surface area contributed by atoms with Crippen molar-refractivity contribution in [2.75, 3.05) is 6.61 Å². The van der Waals surface area contributed by atoms with Gasteiger partial charge in [0.15, 0.2) is 17.3 Å². The number of rotatable bonds is 6. The summed E-state index contributed by atoms with van der Waals surface area (Å²) >= 11 is 0. The normalized spacial score (nSPS) is 10.3. The fraction of sp³-hybridized carbons (Fsp3) is 0.357. The molecule has 0 atom stereocenters. The lowest BCUT2D eigenvalue weighted by Crippen LogP contribution is -2.05. The maximum Gasteiger partial charge on any atom is 0.170 e. The molecule has 0 fully saturated rings. The van der Waals surface area contributed by atoms with Gasteiger partial charge in [-0.3, -0.25) is 4.79 Å². The molecule has 0 unspecified atom stereocenters. The van der Waals surface area contributed by atoms with Crippen molar-refractivity contribution in [2.45, 2.75) is 20.5 Å². The Bertz CT molecular complexity index is 608. The fourth-order valence-electron chi connectivity index (χ4n) is 1.70. The van der Waals surface area contributed by atoms with Crippen molar-refractivity contribution in [3.63, 3.8) is 0 Å². The highest BCUT2D eigenvalue weighted by molar-refractivity contribution is 5.76. The molecule has 2 aromatic rings. The Balaban J connectivity index is 2.16. The lowest BCUT2D eigenvalue weighted by Gasteiger charge is -2.12. The highest BCUT2D eigenvalue weighted by Gasteiger charge is 2.10. The standard InChI is InChI=1S/C14H17N3O3/c1-4-19-13-7-11(8-18)5-6-12(13)20-9-14-16-15-10(2)17(14)3/h5-8H,4,9H2,1-3H3. The molecule has 0 spiro atoms. The molecule has 20 heavy (non-hydrogen) atoms. The van der Waals surface area contributed by atoms with Crippen LogP contribution < -0.4 is 9.47 Å². The van der Waals surface area contributed by atoms with E-state index in [1.807, 2.05) is 25.5 Å². The molecule has 0 N–H and O–H groups in total. The number of aromatic nitrogens is 3. The highest BCUT2D eigenvalue weighted by atomic mass is 16.5. The van der Waals surface area contributed by atoms with Crippen molar-refractivity contribution in [3.8, 4) is 11.5 Å². The second-order valence-corrected chi connectivity index (χ2v) is 4.27. The lowest BCUT2D eigenvalue weighted by atomic mass is 10.2. The third-order valence-electron chi connectivity index (χ3n) is 2.94. The first kappa shape index (κ1) is 14.0. The van der Waals surface area contributed by atoms with Gasteiger partial charge >= 0.3 is 0 Å². The molecule has 106 valence electrons. The van der Waals surface area contributed by atoms with E-state index in [-0.39, 0.29) is 6.61 Å². The quantitative estimate of drug-likeness (QED) is 0.753. The van der Waals surface area contributed by atoms with E-state index >= 15 is 0 Å². The van der Waals surface area contributed by atoms with Crippen LogP contribution in [0.15, 0.2) is 18.2 Å². The van der Waals surface area contributed by atoms with Crippen LogP contribution in [0.25, 0.3) is 0 Å². The van der Waals surface area contributed by atoms with Crippen molar-refractivity contribution in [1.82, 2.24) is 14.8 Å². The van der Waals surface area contributed by atoms with Gasteiger partial charge in [0.25, 0.3) is 0 Å². The summed E-state index contributed by atoms with van der Waals surface area (Å²) in [5.74, 6) is 2.68. The molecule has 1 heterocycles. The number of benzene rings is 1. The number of ether oxygens (including phenoxy) is 2. The zero-order valence-corrected chi connectivity index (χ0v) is 11.8. The van der Waals surface area contributed by atoms with Crippen LogP contribution in [0.4, 0.5) is 0 Å². The molecular weight excluding hydrogens is 258 g/mol. The largest absolute Gasteiger partial charge is 0.490 e. The van der Waals surface area contributed by atoms with E-state index in [2.05, 4.69) is 10.2 Å². The average Bonchev–Trinajstić information content (AvgIpc) is 2.78. The van der Waals surface area contributed by atoms with E-state index in [0.29, 0.717) is 23.7 Å². The van der Waals surface area contributed by atoms with Gasteiger partial charge in [-0.1, -0.05) is 0 Å². The number of hydrogen-bond donors (Lipinski definition) is 0. The molecule has 0 radical (unpaired) electrons. The van der Waals surface area contributed by atoms with Crippen molar-refractivity contribution in [3.05, 3.63) is 35.4 Å². The lowest BCUT2D eigenvalue weighted by molar-refractivity contribution is 0.112. The van der Waals surface area contributed by atoms with Crippen molar-refractivity contribution in [2.24, 2.45) is 7.05 Å². The Morgan fingerprint density at radius 3 is 2.65 bits per heavy atom. The van der Waals surface area contributed by atoms with Crippen LogP contribution >= 0.6 is 0 Å². The zero-order valence-electron chi connectivity index (χ0n) is 11.8. The van der Waals surface area contributed by atoms with E-state index < -0.39 is 0 Å². The Labute approximate surface area is 117 Å². The van der Waals surface area contributed by atoms with Gasteiger partial charge in [-0.2, -0.15) is 0 Å². The highest BCUT2D eigenvalue weighted by Crippen LogP contribution is 2.28. The fourth-order valence-corrected chi connectivity index (χ4v) is 1.70. The second-order valence-electron chi connectivity index (χ2n) is 4.27. The first-order chi connectivity index (χ1) is 9.65. The number of aryl methyl sites for hydroxylation is 1. The average molecular weight is 275 g/mol. The van der Waals surface area contributed by atoms with Gasteiger partial charge in [0.1, 0.15) is 18.7 Å². The van der Waals surface area contributed by atoms with Crippen LogP contribution in [0.2, 0.25) is 0 Å². The summed E-state index contributed by atoms with van der Waals surface area (Å²) in [6.45, 7) is 4.55. The molecule has 0 aliphatic rings. The van der Waals surface area contributed by atoms with E-state index in [1.54, 1.807) is 18.2 Å². The van der Waals surface area contributed by atoms with Crippen LogP contribution in [0.3, 0.4) is 0 Å². The summed E-state index contributed by atoms with van der Waals surface area (Å²) in [5.41, 5.74) is 0.551. The number of nitrogens with zero attached hydrogens (tertiary/aromatic N) is 3. The first-order valence-corrected chi connectivity index (χ1v) is 6.35. The third kappa shape index (κ3) is 2.96. The Kier molecular flexibility index (Phi) is 4.34. The maximum atomic E-state index is 10.8. The predicted molar refractivity (Wildman–Crippen MR) is 73.1 cm³/mol. The molecule has 0 aliphatic carbocycles. The molecule has 2 rings (SSSR count). The van der Waals surface area contributed by atoms with Gasteiger partial charge in [0, 0.05) is 12.6 Å². The SMILES string of the molecule is CCOc1cc(C=O)ccc1OCc1nnc(C)n1C. The molecule has 0 saturated carbocycles. The van der Waals surface area contributed by atoms with Gasteiger partial charge in [0.2, 0.25) is 0 Å². The monoisotopic (exact) mass is 275 g/mol. The summed E-state index contributed by atoms with van der Waals surface area (Å²) in [5, 5.41) is 8.00. The molecule has 0 bridgehead atoms. The number of aldehydes is 1. The van der Waals surface area contributed by atoms with Gasteiger partial charge in [-0.25, -0.2) is 0 Å². The maximum absolute atomic E-state index is 10.8. The number of carbonyl (C=O) groups is 1. The topological polar surface area (TPSA) is 66.2 Å². The van der Waals surface area contributed by atoms with Crippen LogP contribution in [0.5, 0.6) is 11.5 Å². The van der Waals surface area contributed by atoms with Crippen LogP contribution in [-0.4, -0.2) is 27.7 Å². The minimum absolute atomic E-state index is 0.290. The minimum atomic E-state index is 0.290. The second kappa shape index (κ2) is 6.18. The first-order valence-electron chi connectivity index (χ1n) is 6.35. The Morgan fingerprint density at radius 2 is 2.05 bits per heavy atom. The molecule has 0 aliphatic heterocycles. The summed E-state index contributed by atoms with van der Waals surface area (Å²) in [6, 6.07) is 5.07. The molecule has 0 amide bonds. The molecule has 0 saturated heterocycles. The van der Waals surface area contributed by atoms with Gasteiger partial charge < -0.3 is 14.0 Å². The molecular formula is C14H17N3O3. The van der Waals surface area contributed by atoms with Crippen molar-refractivity contribution < 1.29 is 14.3 Å². The molecule has 6 nitrogen and oxygen atoms in total. The number of carbonyl (C=O) groups excluding carboxylic acids is 1. The van der Waals surface area contributed by atoms with E-state index in [4.69, 9.17) is 9.47 Å². The third-order valence-corrected chi connectivity index (χ3v) is 2.94. The van der Waals surface area contributed by atoms with Gasteiger partial charge in [-0.15, -0.1) is 10.2 Å². The minimum Gasteiger partial charge on any atom is -0.490 e. The molecule has 1 aromatic carbocycles. The van der Waals surface area contributed by atoms with Gasteiger partial charge in [0.05, 0.1) is 6.61 Å². The summed E-state index contributed by atoms with van der Waals surface area (Å²) < 4.78 is 13.0. The smallest absolute Gasteiger partial charge is 0.170 e. The van der Waals surface area contributed by atoms with Crippen molar-refractivity contribution in [1.29, 1.82) is 0 Å². The predicted octanol–water partition coefficient (Wildman–Crippen LogP) is 1.91. The molecule has 6 heteroatoms. The molecule has 1 aromatic heterocycles.